The molecule has 5 nitrogen and oxygen atoms in total. The minimum atomic E-state index is -0.0402. The summed E-state index contributed by atoms with van der Waals surface area (Å²) >= 11 is 1.70. The number of carbonyl (C=O) groups is 1. The number of aromatic amines is 1. The number of hydrogen-bond acceptors (Lipinski definition) is 4. The lowest BCUT2D eigenvalue weighted by molar-refractivity contribution is 0.0951. The maximum absolute atomic E-state index is 12.6. The SMILES string of the molecule is O=C(NCCc1nc2ccccc2[nH]1)c1ccccc1SCC1CCCO1. The number of ether oxygens (including phenoxy) is 1. The summed E-state index contributed by atoms with van der Waals surface area (Å²) in [5, 5.41) is 3.02. The van der Waals surface area contributed by atoms with Crippen molar-refractivity contribution in [2.75, 3.05) is 18.9 Å². The van der Waals surface area contributed by atoms with Crippen LogP contribution in [0.4, 0.5) is 0 Å². The molecule has 2 aromatic carbocycles. The van der Waals surface area contributed by atoms with E-state index in [1.54, 1.807) is 11.8 Å². The third-order valence-electron chi connectivity index (χ3n) is 4.67. The second kappa shape index (κ2) is 8.59. The average Bonchev–Trinajstić information content (AvgIpc) is 3.35. The largest absolute Gasteiger partial charge is 0.377 e. The molecular formula is C21H23N3O2S. The molecule has 0 aliphatic carbocycles. The zero-order chi connectivity index (χ0) is 18.5. The number of thioether (sulfide) groups is 1. The van der Waals surface area contributed by atoms with Gasteiger partial charge in [-0.3, -0.25) is 4.79 Å². The number of rotatable bonds is 7. The van der Waals surface area contributed by atoms with E-state index in [9.17, 15) is 4.79 Å². The van der Waals surface area contributed by atoms with Crippen molar-refractivity contribution in [3.8, 4) is 0 Å². The van der Waals surface area contributed by atoms with E-state index in [0.29, 0.717) is 19.1 Å². The number of nitrogens with one attached hydrogen (secondary N) is 2. The Bertz CT molecular complexity index is 885. The first-order valence-electron chi connectivity index (χ1n) is 9.35. The predicted molar refractivity (Wildman–Crippen MR) is 108 cm³/mol. The van der Waals surface area contributed by atoms with Gasteiger partial charge >= 0.3 is 0 Å². The maximum atomic E-state index is 12.6. The topological polar surface area (TPSA) is 67.0 Å². The number of fused-ring (bicyclic) bond motifs is 1. The molecule has 1 atom stereocenters. The highest BCUT2D eigenvalue weighted by molar-refractivity contribution is 7.99. The summed E-state index contributed by atoms with van der Waals surface area (Å²) in [6.07, 6.45) is 3.22. The van der Waals surface area contributed by atoms with Crippen LogP contribution in [0.15, 0.2) is 53.4 Å². The summed E-state index contributed by atoms with van der Waals surface area (Å²) in [4.78, 5) is 21.5. The van der Waals surface area contributed by atoms with Gasteiger partial charge in [0.1, 0.15) is 5.82 Å². The molecule has 1 aromatic heterocycles. The van der Waals surface area contributed by atoms with Gasteiger partial charge in [0.05, 0.1) is 22.7 Å². The van der Waals surface area contributed by atoms with E-state index in [1.165, 1.54) is 0 Å². The fourth-order valence-electron chi connectivity index (χ4n) is 3.25. The van der Waals surface area contributed by atoms with Crippen LogP contribution in [0.25, 0.3) is 11.0 Å². The van der Waals surface area contributed by atoms with Gasteiger partial charge in [-0.1, -0.05) is 24.3 Å². The van der Waals surface area contributed by atoms with Crippen molar-refractivity contribution in [3.05, 3.63) is 59.9 Å². The summed E-state index contributed by atoms with van der Waals surface area (Å²) in [5.41, 5.74) is 2.70. The molecule has 4 rings (SSSR count). The first-order valence-corrected chi connectivity index (χ1v) is 10.3. The van der Waals surface area contributed by atoms with E-state index in [4.69, 9.17) is 4.74 Å². The molecule has 1 aliphatic heterocycles. The predicted octanol–water partition coefficient (Wildman–Crippen LogP) is 3.81. The first kappa shape index (κ1) is 18.1. The summed E-state index contributed by atoms with van der Waals surface area (Å²) in [5.74, 6) is 1.74. The number of hydrogen-bond donors (Lipinski definition) is 2. The fraction of sp³-hybridized carbons (Fsp3) is 0.333. The zero-order valence-electron chi connectivity index (χ0n) is 15.1. The second-order valence-corrected chi connectivity index (χ2v) is 7.71. The minimum Gasteiger partial charge on any atom is -0.377 e. The van der Waals surface area contributed by atoms with Crippen LogP contribution in [0.5, 0.6) is 0 Å². The summed E-state index contributed by atoms with van der Waals surface area (Å²) < 4.78 is 5.68. The van der Waals surface area contributed by atoms with Crippen molar-refractivity contribution in [2.45, 2.75) is 30.3 Å². The van der Waals surface area contributed by atoms with Gasteiger partial charge < -0.3 is 15.0 Å². The van der Waals surface area contributed by atoms with E-state index in [1.807, 2.05) is 48.5 Å². The van der Waals surface area contributed by atoms with Gasteiger partial charge in [0.15, 0.2) is 0 Å². The molecule has 2 heterocycles. The molecule has 0 saturated carbocycles. The van der Waals surface area contributed by atoms with Crippen molar-refractivity contribution in [3.63, 3.8) is 0 Å². The van der Waals surface area contributed by atoms with Crippen molar-refractivity contribution in [2.24, 2.45) is 0 Å². The van der Waals surface area contributed by atoms with Gasteiger partial charge in [-0.15, -0.1) is 11.8 Å². The smallest absolute Gasteiger partial charge is 0.252 e. The molecule has 3 aromatic rings. The normalized spacial score (nSPS) is 16.7. The molecule has 2 N–H and O–H groups in total. The third kappa shape index (κ3) is 4.51. The van der Waals surface area contributed by atoms with E-state index in [-0.39, 0.29) is 5.91 Å². The molecule has 1 fully saturated rings. The number of aromatic nitrogens is 2. The third-order valence-corrected chi connectivity index (χ3v) is 5.87. The number of para-hydroxylation sites is 2. The Hall–Kier alpha value is -2.31. The monoisotopic (exact) mass is 381 g/mol. The molecule has 0 spiro atoms. The van der Waals surface area contributed by atoms with Crippen molar-refractivity contribution in [1.29, 1.82) is 0 Å². The molecule has 1 unspecified atom stereocenters. The Morgan fingerprint density at radius 2 is 2.07 bits per heavy atom. The van der Waals surface area contributed by atoms with Crippen LogP contribution in [0.1, 0.15) is 29.0 Å². The summed E-state index contributed by atoms with van der Waals surface area (Å²) in [6, 6.07) is 15.7. The number of carbonyl (C=O) groups excluding carboxylic acids is 1. The van der Waals surface area contributed by atoms with Crippen LogP contribution in [-0.2, 0) is 11.2 Å². The van der Waals surface area contributed by atoms with Gasteiger partial charge in [-0.05, 0) is 37.1 Å². The lowest BCUT2D eigenvalue weighted by Gasteiger charge is -2.12. The molecule has 0 bridgehead atoms. The second-order valence-electron chi connectivity index (χ2n) is 6.65. The van der Waals surface area contributed by atoms with Crippen molar-refractivity contribution < 1.29 is 9.53 Å². The van der Waals surface area contributed by atoms with Gasteiger partial charge in [0.25, 0.3) is 5.91 Å². The number of amides is 1. The van der Waals surface area contributed by atoms with Gasteiger partial charge in [-0.2, -0.15) is 0 Å². The van der Waals surface area contributed by atoms with E-state index >= 15 is 0 Å². The van der Waals surface area contributed by atoms with Gasteiger partial charge in [0, 0.05) is 30.2 Å². The van der Waals surface area contributed by atoms with E-state index < -0.39 is 0 Å². The van der Waals surface area contributed by atoms with E-state index in [0.717, 1.165) is 52.5 Å². The fourth-order valence-corrected chi connectivity index (χ4v) is 4.37. The van der Waals surface area contributed by atoms with Crippen LogP contribution in [0.3, 0.4) is 0 Å². The molecule has 1 amide bonds. The Balaban J connectivity index is 1.33. The van der Waals surface area contributed by atoms with Crippen LogP contribution in [0, 0.1) is 0 Å². The summed E-state index contributed by atoms with van der Waals surface area (Å²) in [6.45, 7) is 1.40. The quantitative estimate of drug-likeness (QED) is 0.611. The molecule has 1 aliphatic rings. The molecule has 0 radical (unpaired) electrons. The van der Waals surface area contributed by atoms with Gasteiger partial charge in [0.2, 0.25) is 0 Å². The number of imidazole rings is 1. The lowest BCUT2D eigenvalue weighted by Crippen LogP contribution is -2.26. The molecule has 140 valence electrons. The van der Waals surface area contributed by atoms with Crippen molar-refractivity contribution in [1.82, 2.24) is 15.3 Å². The Morgan fingerprint density at radius 3 is 2.93 bits per heavy atom. The number of benzene rings is 2. The van der Waals surface area contributed by atoms with Gasteiger partial charge in [-0.25, -0.2) is 4.98 Å². The molecule has 6 heteroatoms. The lowest BCUT2D eigenvalue weighted by atomic mass is 10.2. The van der Waals surface area contributed by atoms with Crippen LogP contribution < -0.4 is 5.32 Å². The minimum absolute atomic E-state index is 0.0402. The zero-order valence-corrected chi connectivity index (χ0v) is 15.9. The number of nitrogens with zero attached hydrogens (tertiary/aromatic N) is 1. The average molecular weight is 382 g/mol. The van der Waals surface area contributed by atoms with Crippen LogP contribution in [0.2, 0.25) is 0 Å². The highest BCUT2D eigenvalue weighted by Crippen LogP contribution is 2.26. The highest BCUT2D eigenvalue weighted by Gasteiger charge is 2.17. The summed E-state index contributed by atoms with van der Waals surface area (Å²) in [7, 11) is 0. The van der Waals surface area contributed by atoms with E-state index in [2.05, 4.69) is 15.3 Å². The maximum Gasteiger partial charge on any atom is 0.252 e. The molecular weight excluding hydrogens is 358 g/mol. The number of H-pyrrole nitrogens is 1. The standard InChI is InChI=1S/C21H23N3O2S/c25-21(22-12-11-20-23-17-8-2-3-9-18(17)24-20)16-7-1-4-10-19(16)27-14-15-6-5-13-26-15/h1-4,7-10,15H,5-6,11-14H2,(H,22,25)(H,23,24). The molecule has 1 saturated heterocycles. The molecule has 27 heavy (non-hydrogen) atoms. The van der Waals surface area contributed by atoms with Crippen molar-refractivity contribution >= 4 is 28.7 Å². The van der Waals surface area contributed by atoms with Crippen LogP contribution >= 0.6 is 11.8 Å². The van der Waals surface area contributed by atoms with Crippen LogP contribution in [-0.4, -0.2) is 40.9 Å². The first-order chi connectivity index (χ1) is 13.3. The Labute approximate surface area is 162 Å². The Morgan fingerprint density at radius 1 is 1.22 bits per heavy atom. The Kier molecular flexibility index (Phi) is 5.75. The highest BCUT2D eigenvalue weighted by atomic mass is 32.2.